The van der Waals surface area contributed by atoms with Crippen molar-refractivity contribution in [1.29, 1.82) is 0 Å². The maximum absolute atomic E-state index is 13.2. The van der Waals surface area contributed by atoms with Gasteiger partial charge in [0, 0.05) is 18.0 Å². The monoisotopic (exact) mass is 448 g/mol. The number of halogens is 1. The van der Waals surface area contributed by atoms with E-state index < -0.39 is 7.26 Å². The van der Waals surface area contributed by atoms with Crippen molar-refractivity contribution in [3.05, 3.63) is 64.2 Å². The van der Waals surface area contributed by atoms with E-state index in [9.17, 15) is 9.59 Å². The van der Waals surface area contributed by atoms with Gasteiger partial charge in [0.25, 0.3) is 5.91 Å². The normalized spacial score (nSPS) is 12.3. The molecule has 1 unspecified atom stereocenters. The Kier molecular flexibility index (Phi) is 8.88. The zero-order chi connectivity index (χ0) is 22.3. The third-order valence-corrected chi connectivity index (χ3v) is 11.4. The molecule has 0 radical (unpaired) electrons. The summed E-state index contributed by atoms with van der Waals surface area (Å²) >= 11 is 6.11. The second-order valence-electron chi connectivity index (χ2n) is 7.74. The number of carbonyl (C=O) groups excluding carboxylic acids is 2. The molecule has 1 amide bonds. The maximum Gasteiger partial charge on any atom is 0.344 e. The zero-order valence-corrected chi connectivity index (χ0v) is 20.1. The summed E-state index contributed by atoms with van der Waals surface area (Å²) in [5, 5.41) is 3.74. The van der Waals surface area contributed by atoms with Crippen molar-refractivity contribution in [1.82, 2.24) is 0 Å². The molecule has 1 atom stereocenters. The number of nitrogens with one attached hydrogen (secondary N) is 1. The van der Waals surface area contributed by atoms with Gasteiger partial charge in [0.15, 0.2) is 6.16 Å². The van der Waals surface area contributed by atoms with Crippen molar-refractivity contribution in [2.24, 2.45) is 0 Å². The van der Waals surface area contributed by atoms with Crippen LogP contribution in [-0.4, -0.2) is 36.0 Å². The topological polar surface area (TPSA) is 55.4 Å². The first-order chi connectivity index (χ1) is 14.2. The second kappa shape index (κ2) is 10.9. The summed E-state index contributed by atoms with van der Waals surface area (Å²) in [5.74, 6) is -0.272. The number of aryl methyl sites for hydroxylation is 2. The van der Waals surface area contributed by atoms with Crippen LogP contribution < -0.4 is 5.32 Å². The van der Waals surface area contributed by atoms with Crippen LogP contribution in [0.1, 0.15) is 37.5 Å². The van der Waals surface area contributed by atoms with Gasteiger partial charge >= 0.3 is 5.97 Å². The quantitative estimate of drug-likeness (QED) is 0.373. The highest BCUT2D eigenvalue weighted by Gasteiger charge is 2.46. The standard InChI is InChI=1S/C24H31ClNO3P/c1-6-30(7-2,16-22(27)29-15-20-11-9-8-10-12-20)19(5)24(28)26-23-17(3)13-21(25)14-18(23)4/h8-14,19H,6-7,15-16H2,1-5H3/p+1. The molecule has 2 rings (SSSR count). The molecule has 0 bridgehead atoms. The summed E-state index contributed by atoms with van der Waals surface area (Å²) in [6.07, 6.45) is 1.95. The third kappa shape index (κ3) is 6.06. The molecule has 0 saturated carbocycles. The number of rotatable bonds is 9. The van der Waals surface area contributed by atoms with Crippen LogP contribution in [0.2, 0.25) is 5.02 Å². The molecule has 0 saturated heterocycles. The fraction of sp³-hybridized carbons (Fsp3) is 0.417. The average molecular weight is 449 g/mol. The van der Waals surface area contributed by atoms with Gasteiger partial charge in [-0.1, -0.05) is 41.9 Å². The van der Waals surface area contributed by atoms with Gasteiger partial charge in [-0.25, -0.2) is 4.79 Å². The van der Waals surface area contributed by atoms with Crippen molar-refractivity contribution in [3.8, 4) is 0 Å². The summed E-state index contributed by atoms with van der Waals surface area (Å²) in [4.78, 5) is 25.8. The van der Waals surface area contributed by atoms with E-state index in [1.165, 1.54) is 0 Å². The minimum atomic E-state index is -1.87. The predicted octanol–water partition coefficient (Wildman–Crippen LogP) is 6.08. The highest BCUT2D eigenvalue weighted by molar-refractivity contribution is 7.78. The molecule has 0 aliphatic heterocycles. The molecule has 2 aromatic rings. The zero-order valence-electron chi connectivity index (χ0n) is 18.5. The number of amides is 1. The summed E-state index contributed by atoms with van der Waals surface area (Å²) < 4.78 is 5.53. The molecule has 1 N–H and O–H groups in total. The molecule has 4 nitrogen and oxygen atoms in total. The van der Waals surface area contributed by atoms with Crippen molar-refractivity contribution >= 4 is 36.4 Å². The molecule has 0 fully saturated rings. The molecule has 0 aliphatic rings. The molecule has 0 spiro atoms. The average Bonchev–Trinajstić information content (AvgIpc) is 2.73. The lowest BCUT2D eigenvalue weighted by atomic mass is 10.1. The van der Waals surface area contributed by atoms with Gasteiger partial charge in [0.2, 0.25) is 0 Å². The largest absolute Gasteiger partial charge is 0.458 e. The van der Waals surface area contributed by atoms with Crippen molar-refractivity contribution < 1.29 is 14.3 Å². The SMILES string of the molecule is CC[P+](CC)(CC(=O)OCc1ccccc1)C(C)C(=O)Nc1c(C)cc(Cl)cc1C. The van der Waals surface area contributed by atoms with E-state index in [-0.39, 0.29) is 24.1 Å². The van der Waals surface area contributed by atoms with Gasteiger partial charge in [-0.05, 0) is 63.4 Å². The first-order valence-electron chi connectivity index (χ1n) is 10.3. The summed E-state index contributed by atoms with van der Waals surface area (Å²) in [7, 11) is -1.87. The lowest BCUT2D eigenvalue weighted by Crippen LogP contribution is -2.33. The molecule has 2 aromatic carbocycles. The Balaban J connectivity index is 2.10. The number of benzene rings is 2. The summed E-state index contributed by atoms with van der Waals surface area (Å²) in [5.41, 5.74) is 3.38. The van der Waals surface area contributed by atoms with Crippen LogP contribution in [0.5, 0.6) is 0 Å². The fourth-order valence-corrected chi connectivity index (χ4v) is 7.52. The van der Waals surface area contributed by atoms with Crippen LogP contribution in [0.4, 0.5) is 5.69 Å². The first kappa shape index (κ1) is 24.4. The van der Waals surface area contributed by atoms with E-state index in [0.29, 0.717) is 11.2 Å². The van der Waals surface area contributed by atoms with E-state index in [4.69, 9.17) is 16.3 Å². The number of carbonyl (C=O) groups is 2. The van der Waals surface area contributed by atoms with E-state index in [1.807, 2.05) is 63.2 Å². The first-order valence-corrected chi connectivity index (χ1v) is 13.1. The lowest BCUT2D eigenvalue weighted by molar-refractivity contribution is -0.141. The van der Waals surface area contributed by atoms with Gasteiger partial charge in [-0.2, -0.15) is 0 Å². The molecule has 162 valence electrons. The summed E-state index contributed by atoms with van der Waals surface area (Å²) in [6.45, 7) is 10.2. The Morgan fingerprint density at radius 3 is 2.17 bits per heavy atom. The minimum Gasteiger partial charge on any atom is -0.458 e. The highest BCUT2D eigenvalue weighted by atomic mass is 35.5. The predicted molar refractivity (Wildman–Crippen MR) is 128 cm³/mol. The highest BCUT2D eigenvalue weighted by Crippen LogP contribution is 2.62. The smallest absolute Gasteiger partial charge is 0.344 e. The van der Waals surface area contributed by atoms with Gasteiger partial charge < -0.3 is 10.1 Å². The number of hydrogen-bond acceptors (Lipinski definition) is 3. The molecular weight excluding hydrogens is 417 g/mol. The third-order valence-electron chi connectivity index (χ3n) is 5.89. The fourth-order valence-electron chi connectivity index (χ4n) is 3.76. The van der Waals surface area contributed by atoms with Gasteiger partial charge in [-0.3, -0.25) is 4.79 Å². The Labute approximate surface area is 185 Å². The molecule has 6 heteroatoms. The van der Waals surface area contributed by atoms with Crippen LogP contribution in [0.15, 0.2) is 42.5 Å². The number of ether oxygens (including phenoxy) is 1. The molecule has 30 heavy (non-hydrogen) atoms. The van der Waals surface area contributed by atoms with Crippen LogP contribution in [-0.2, 0) is 20.9 Å². The van der Waals surface area contributed by atoms with Gasteiger partial charge in [-0.15, -0.1) is 0 Å². The van der Waals surface area contributed by atoms with Crippen LogP contribution >= 0.6 is 18.9 Å². The Hall–Kier alpha value is -1.90. The minimum absolute atomic E-state index is 0.0450. The molecular formula is C24H32ClNO3P+. The summed E-state index contributed by atoms with van der Waals surface area (Å²) in [6, 6.07) is 13.3. The van der Waals surface area contributed by atoms with Crippen molar-refractivity contribution in [3.63, 3.8) is 0 Å². The Morgan fingerprint density at radius 2 is 1.63 bits per heavy atom. The van der Waals surface area contributed by atoms with Crippen LogP contribution in [0.25, 0.3) is 0 Å². The van der Waals surface area contributed by atoms with E-state index in [1.54, 1.807) is 0 Å². The van der Waals surface area contributed by atoms with E-state index in [2.05, 4.69) is 19.2 Å². The van der Waals surface area contributed by atoms with Crippen molar-refractivity contribution in [2.45, 2.75) is 46.9 Å². The van der Waals surface area contributed by atoms with E-state index in [0.717, 1.165) is 34.7 Å². The van der Waals surface area contributed by atoms with Crippen LogP contribution in [0.3, 0.4) is 0 Å². The molecule has 0 aliphatic carbocycles. The Bertz CT molecular complexity index is 858. The van der Waals surface area contributed by atoms with E-state index >= 15 is 0 Å². The van der Waals surface area contributed by atoms with Crippen LogP contribution in [0, 0.1) is 13.8 Å². The molecule has 0 heterocycles. The maximum atomic E-state index is 13.2. The Morgan fingerprint density at radius 1 is 1.07 bits per heavy atom. The van der Waals surface area contributed by atoms with Gasteiger partial charge in [0.1, 0.15) is 12.3 Å². The number of esters is 1. The number of hydrogen-bond donors (Lipinski definition) is 1. The second-order valence-corrected chi connectivity index (χ2v) is 13.0. The van der Waals surface area contributed by atoms with Crippen molar-refractivity contribution in [2.75, 3.05) is 23.8 Å². The molecule has 0 aromatic heterocycles. The lowest BCUT2D eigenvalue weighted by Gasteiger charge is -2.30. The number of anilines is 1. The van der Waals surface area contributed by atoms with Gasteiger partial charge in [0.05, 0.1) is 12.3 Å².